The van der Waals surface area contributed by atoms with E-state index in [-0.39, 0.29) is 39.1 Å². The maximum absolute atomic E-state index is 11.9. The van der Waals surface area contributed by atoms with E-state index in [1.807, 2.05) is 6.92 Å². The fraction of sp³-hybridized carbons (Fsp3) is 1.00. The number of piperazine rings is 1. The molecule has 264 valence electrons. The zero-order valence-corrected chi connectivity index (χ0v) is 29.0. The van der Waals surface area contributed by atoms with Crippen LogP contribution in [0.3, 0.4) is 0 Å². The van der Waals surface area contributed by atoms with Gasteiger partial charge in [0.1, 0.15) is 23.0 Å². The minimum Gasteiger partial charge on any atom is -0.391 e. The van der Waals surface area contributed by atoms with Gasteiger partial charge in [0.15, 0.2) is 0 Å². The van der Waals surface area contributed by atoms with Crippen molar-refractivity contribution >= 4 is 50.0 Å². The standard InChI is InChI=1S/C20H45N3O16S4Si/c1-3-5-21-10-19(15-42(31,32)33)38-44(37-18(4-2)14-41(28,29)30)39-20(16-43(34,35)36)12-23-8-6-22(7-9-23)11-17(24)13-40(25,26)27/h17-21,24,44H,3-16H2,1-2H3,(H,25,26,27)(H,28,29,30)(H,31,32,33)(H,34,35,36). The lowest BCUT2D eigenvalue weighted by Gasteiger charge is -2.37. The Balaban J connectivity index is 3.13. The smallest absolute Gasteiger partial charge is 0.391 e. The number of rotatable bonds is 23. The van der Waals surface area contributed by atoms with Gasteiger partial charge in [-0.25, -0.2) is 0 Å². The molecule has 0 aromatic carbocycles. The molecule has 0 aromatic rings. The molecule has 0 spiro atoms. The average molecular weight is 740 g/mol. The molecule has 0 aliphatic carbocycles. The quantitative estimate of drug-likeness (QED) is 0.0342. The average Bonchev–Trinajstić information content (AvgIpc) is 2.80. The molecule has 0 saturated carbocycles. The molecule has 5 unspecified atom stereocenters. The molecular weight excluding hydrogens is 695 g/mol. The van der Waals surface area contributed by atoms with Crippen LogP contribution < -0.4 is 5.32 Å². The highest BCUT2D eigenvalue weighted by molar-refractivity contribution is 7.86. The van der Waals surface area contributed by atoms with Gasteiger partial charge < -0.3 is 23.7 Å². The number of hydrogen-bond donors (Lipinski definition) is 6. The Hall–Kier alpha value is -0.423. The Bertz CT molecular complexity index is 1280. The molecule has 5 atom stereocenters. The number of aliphatic hydroxyl groups is 1. The molecule has 0 aromatic heterocycles. The van der Waals surface area contributed by atoms with E-state index < -0.39 is 97.4 Å². The first-order valence-corrected chi connectivity index (χ1v) is 21.5. The van der Waals surface area contributed by atoms with E-state index in [4.69, 9.17) is 17.8 Å². The summed E-state index contributed by atoms with van der Waals surface area (Å²) in [4.78, 5) is 3.46. The van der Waals surface area contributed by atoms with Crippen LogP contribution >= 0.6 is 0 Å². The predicted molar refractivity (Wildman–Crippen MR) is 160 cm³/mol. The largest absolute Gasteiger partial charge is 0.485 e. The second-order valence-corrected chi connectivity index (χ2v) is 17.8. The van der Waals surface area contributed by atoms with E-state index in [0.717, 1.165) is 0 Å². The molecule has 0 bridgehead atoms. The van der Waals surface area contributed by atoms with Gasteiger partial charge in [-0.2, -0.15) is 33.7 Å². The van der Waals surface area contributed by atoms with Gasteiger partial charge in [-0.15, -0.1) is 0 Å². The van der Waals surface area contributed by atoms with Gasteiger partial charge in [0.2, 0.25) is 0 Å². The summed E-state index contributed by atoms with van der Waals surface area (Å²) in [5.74, 6) is -3.55. The topological polar surface area (TPSA) is 284 Å². The summed E-state index contributed by atoms with van der Waals surface area (Å²) in [6.45, 7) is 4.72. The molecule has 1 rings (SSSR count). The van der Waals surface area contributed by atoms with Gasteiger partial charge in [-0.3, -0.25) is 28.0 Å². The highest BCUT2D eigenvalue weighted by Gasteiger charge is 2.34. The molecule has 1 fully saturated rings. The number of nitrogens with zero attached hydrogens (tertiary/aromatic N) is 2. The monoisotopic (exact) mass is 739 g/mol. The predicted octanol–water partition coefficient (Wildman–Crippen LogP) is -3.20. The first-order chi connectivity index (χ1) is 20.1. The first-order valence-electron chi connectivity index (χ1n) is 13.7. The highest BCUT2D eigenvalue weighted by atomic mass is 32.2. The van der Waals surface area contributed by atoms with Gasteiger partial charge in [0, 0.05) is 45.8 Å². The summed E-state index contributed by atoms with van der Waals surface area (Å²) in [5, 5.41) is 12.8. The van der Waals surface area contributed by atoms with E-state index >= 15 is 0 Å². The van der Waals surface area contributed by atoms with Crippen molar-refractivity contribution in [2.75, 3.05) is 75.4 Å². The van der Waals surface area contributed by atoms with Crippen molar-refractivity contribution in [2.45, 2.75) is 51.1 Å². The van der Waals surface area contributed by atoms with E-state index in [1.165, 1.54) is 6.92 Å². The van der Waals surface area contributed by atoms with Crippen LogP contribution in [0.4, 0.5) is 0 Å². The van der Waals surface area contributed by atoms with Gasteiger partial charge in [-0.05, 0) is 19.4 Å². The van der Waals surface area contributed by atoms with Gasteiger partial charge in [0.25, 0.3) is 40.5 Å². The molecule has 19 nitrogen and oxygen atoms in total. The summed E-state index contributed by atoms with van der Waals surface area (Å²) < 4.78 is 147. The van der Waals surface area contributed by atoms with Crippen molar-refractivity contribution in [3.63, 3.8) is 0 Å². The van der Waals surface area contributed by atoms with Crippen LogP contribution in [0.5, 0.6) is 0 Å². The third-order valence-electron chi connectivity index (χ3n) is 6.15. The van der Waals surface area contributed by atoms with Crippen LogP contribution in [0, 0.1) is 0 Å². The molecule has 44 heavy (non-hydrogen) atoms. The molecule has 1 aliphatic rings. The van der Waals surface area contributed by atoms with E-state index in [0.29, 0.717) is 26.1 Å². The molecule has 1 aliphatic heterocycles. The lowest BCUT2D eigenvalue weighted by molar-refractivity contribution is 0.00523. The van der Waals surface area contributed by atoms with Crippen LogP contribution in [0.15, 0.2) is 0 Å². The normalized spacial score (nSPS) is 19.8. The molecule has 0 amide bonds. The summed E-state index contributed by atoms with van der Waals surface area (Å²) >= 11 is 0. The van der Waals surface area contributed by atoms with Crippen LogP contribution in [-0.4, -0.2) is 176 Å². The van der Waals surface area contributed by atoms with Crippen LogP contribution in [0.25, 0.3) is 0 Å². The maximum atomic E-state index is 11.9. The molecule has 0 radical (unpaired) electrons. The number of aliphatic hydroxyl groups excluding tert-OH is 1. The Morgan fingerprint density at radius 1 is 0.659 bits per heavy atom. The first kappa shape index (κ1) is 41.6. The van der Waals surface area contributed by atoms with Crippen molar-refractivity contribution in [1.82, 2.24) is 15.1 Å². The van der Waals surface area contributed by atoms with E-state index in [9.17, 15) is 52.4 Å². The number of β-amino-alcohol motifs (C(OH)–C–C–N with tert-alkyl or cyclic N) is 1. The second kappa shape index (κ2) is 18.8. The molecule has 6 N–H and O–H groups in total. The summed E-state index contributed by atoms with van der Waals surface area (Å²) in [5.41, 5.74) is 0. The number of hydrogen-bond acceptors (Lipinski definition) is 15. The molecule has 24 heteroatoms. The van der Waals surface area contributed by atoms with Crippen molar-refractivity contribution < 1.29 is 70.3 Å². The third-order valence-corrected chi connectivity index (χ3v) is 11.2. The summed E-state index contributed by atoms with van der Waals surface area (Å²) in [7, 11) is -21.8. The lowest BCUT2D eigenvalue weighted by atomic mass is 10.2. The zero-order valence-electron chi connectivity index (χ0n) is 24.5. The minimum absolute atomic E-state index is 0.0292. The third kappa shape index (κ3) is 21.4. The van der Waals surface area contributed by atoms with Gasteiger partial charge in [0.05, 0.1) is 24.4 Å². The van der Waals surface area contributed by atoms with Gasteiger partial charge >= 0.3 is 9.53 Å². The van der Waals surface area contributed by atoms with Crippen molar-refractivity contribution in [3.05, 3.63) is 0 Å². The fourth-order valence-electron chi connectivity index (χ4n) is 4.28. The van der Waals surface area contributed by atoms with Crippen molar-refractivity contribution in [3.8, 4) is 0 Å². The molecule has 1 heterocycles. The Morgan fingerprint density at radius 2 is 1.07 bits per heavy atom. The molecular formula is C20H45N3O16S4Si. The molecule has 1 saturated heterocycles. The highest BCUT2D eigenvalue weighted by Crippen LogP contribution is 2.14. The zero-order chi connectivity index (χ0) is 33.8. The number of nitrogens with one attached hydrogen (secondary N) is 1. The maximum Gasteiger partial charge on any atom is 0.485 e. The van der Waals surface area contributed by atoms with Crippen LogP contribution in [-0.2, 0) is 53.8 Å². The van der Waals surface area contributed by atoms with Crippen LogP contribution in [0.1, 0.15) is 26.7 Å². The minimum atomic E-state index is -4.65. The Morgan fingerprint density at radius 3 is 1.52 bits per heavy atom. The summed E-state index contributed by atoms with van der Waals surface area (Å²) in [6, 6.07) is 0. The van der Waals surface area contributed by atoms with Crippen molar-refractivity contribution in [2.24, 2.45) is 0 Å². The van der Waals surface area contributed by atoms with E-state index in [2.05, 4.69) is 5.32 Å². The van der Waals surface area contributed by atoms with Gasteiger partial charge in [-0.1, -0.05) is 13.8 Å². The SMILES string of the molecule is CCCNCC(CS(=O)(=O)O)O[SiH](OC(CC)CS(=O)(=O)O)OC(CN1CCN(CC(O)CS(=O)(=O)O)CC1)CS(=O)(=O)O. The fourth-order valence-corrected chi connectivity index (χ4v) is 9.20. The van der Waals surface area contributed by atoms with Crippen molar-refractivity contribution in [1.29, 1.82) is 0 Å². The summed E-state index contributed by atoms with van der Waals surface area (Å²) in [6.07, 6.45) is -4.42. The lowest BCUT2D eigenvalue weighted by Crippen LogP contribution is -2.53. The Kier molecular flexibility index (Phi) is 17.8. The second-order valence-electron chi connectivity index (χ2n) is 10.4. The van der Waals surface area contributed by atoms with Crippen LogP contribution in [0.2, 0.25) is 0 Å². The van der Waals surface area contributed by atoms with E-state index in [1.54, 1.807) is 9.80 Å². The Labute approximate surface area is 261 Å².